The van der Waals surface area contributed by atoms with E-state index >= 15 is 0 Å². The lowest BCUT2D eigenvalue weighted by Crippen LogP contribution is -2.04. The molecule has 1 heterocycles. The van der Waals surface area contributed by atoms with Crippen LogP contribution in [0, 0.1) is 0 Å². The summed E-state index contributed by atoms with van der Waals surface area (Å²) in [5.41, 5.74) is 1.55. The first-order chi connectivity index (χ1) is 8.24. The molecule has 0 aliphatic carbocycles. The van der Waals surface area contributed by atoms with E-state index in [4.69, 9.17) is 9.84 Å². The maximum atomic E-state index is 11.0. The summed E-state index contributed by atoms with van der Waals surface area (Å²) in [6, 6.07) is 11.2. The van der Waals surface area contributed by atoms with Crippen molar-refractivity contribution in [3.8, 4) is 16.9 Å². The maximum absolute atomic E-state index is 11.0. The molecule has 0 saturated carbocycles. The van der Waals surface area contributed by atoms with E-state index in [1.807, 2.05) is 30.3 Å². The largest absolute Gasteiger partial charge is 0.494 e. The van der Waals surface area contributed by atoms with E-state index < -0.39 is 5.97 Å². The SMILES string of the molecule is COc1c(-c2ccccc2)ccnc1C(=O)O. The van der Waals surface area contributed by atoms with Gasteiger partial charge in [-0.2, -0.15) is 0 Å². The Morgan fingerprint density at radius 1 is 1.24 bits per heavy atom. The highest BCUT2D eigenvalue weighted by atomic mass is 16.5. The van der Waals surface area contributed by atoms with Gasteiger partial charge in [0.15, 0.2) is 11.4 Å². The van der Waals surface area contributed by atoms with Crippen molar-refractivity contribution in [1.82, 2.24) is 4.98 Å². The number of pyridine rings is 1. The molecular formula is C13H11NO3. The molecule has 0 aliphatic rings. The fourth-order valence-corrected chi connectivity index (χ4v) is 1.65. The second kappa shape index (κ2) is 4.65. The number of aromatic carboxylic acids is 1. The Bertz CT molecular complexity index is 538. The zero-order valence-electron chi connectivity index (χ0n) is 9.25. The van der Waals surface area contributed by atoms with Gasteiger partial charge in [-0.15, -0.1) is 0 Å². The van der Waals surface area contributed by atoms with E-state index in [1.54, 1.807) is 6.07 Å². The van der Waals surface area contributed by atoms with E-state index in [2.05, 4.69) is 4.98 Å². The molecule has 0 spiro atoms. The van der Waals surface area contributed by atoms with E-state index in [1.165, 1.54) is 13.3 Å². The normalized spacial score (nSPS) is 9.94. The topological polar surface area (TPSA) is 59.4 Å². The minimum atomic E-state index is -1.10. The number of methoxy groups -OCH3 is 1. The second-order valence-corrected chi connectivity index (χ2v) is 3.41. The van der Waals surface area contributed by atoms with Crippen LogP contribution in [0.3, 0.4) is 0 Å². The van der Waals surface area contributed by atoms with Crippen molar-refractivity contribution in [3.63, 3.8) is 0 Å². The number of carboxylic acid groups (broad SMARTS) is 1. The summed E-state index contributed by atoms with van der Waals surface area (Å²) in [6.45, 7) is 0. The minimum absolute atomic E-state index is 0.0751. The number of aromatic nitrogens is 1. The van der Waals surface area contributed by atoms with Gasteiger partial charge in [-0.1, -0.05) is 30.3 Å². The molecule has 1 N–H and O–H groups in total. The van der Waals surface area contributed by atoms with Crippen LogP contribution in [0.25, 0.3) is 11.1 Å². The summed E-state index contributed by atoms with van der Waals surface area (Å²) >= 11 is 0. The van der Waals surface area contributed by atoms with E-state index in [-0.39, 0.29) is 11.4 Å². The van der Waals surface area contributed by atoms with Crippen LogP contribution in [0.1, 0.15) is 10.5 Å². The Labute approximate surface area is 98.5 Å². The molecule has 1 aromatic carbocycles. The zero-order chi connectivity index (χ0) is 12.3. The van der Waals surface area contributed by atoms with Gasteiger partial charge in [0.05, 0.1) is 7.11 Å². The van der Waals surface area contributed by atoms with Crippen LogP contribution in [-0.2, 0) is 0 Å². The van der Waals surface area contributed by atoms with Crippen molar-refractivity contribution in [2.45, 2.75) is 0 Å². The zero-order valence-corrected chi connectivity index (χ0v) is 9.25. The molecule has 0 bridgehead atoms. The molecule has 0 amide bonds. The van der Waals surface area contributed by atoms with E-state index in [0.29, 0.717) is 0 Å². The van der Waals surface area contributed by atoms with Crippen molar-refractivity contribution in [3.05, 3.63) is 48.3 Å². The van der Waals surface area contributed by atoms with E-state index in [9.17, 15) is 4.79 Å². The van der Waals surface area contributed by atoms with Crippen LogP contribution in [0.4, 0.5) is 0 Å². The van der Waals surface area contributed by atoms with Crippen molar-refractivity contribution < 1.29 is 14.6 Å². The first kappa shape index (κ1) is 11.1. The molecule has 4 nitrogen and oxygen atoms in total. The molecule has 86 valence electrons. The Morgan fingerprint density at radius 2 is 1.94 bits per heavy atom. The van der Waals surface area contributed by atoms with E-state index in [0.717, 1.165) is 11.1 Å². The van der Waals surface area contributed by atoms with Gasteiger partial charge < -0.3 is 9.84 Å². The molecule has 17 heavy (non-hydrogen) atoms. The predicted octanol–water partition coefficient (Wildman–Crippen LogP) is 2.46. The third-order valence-corrected chi connectivity index (χ3v) is 2.40. The van der Waals surface area contributed by atoms with Gasteiger partial charge in [-0.25, -0.2) is 9.78 Å². The second-order valence-electron chi connectivity index (χ2n) is 3.41. The van der Waals surface area contributed by atoms with Crippen molar-refractivity contribution in [2.75, 3.05) is 7.11 Å². The lowest BCUT2D eigenvalue weighted by molar-refractivity contribution is 0.0686. The fraction of sp³-hybridized carbons (Fsp3) is 0.0769. The molecule has 0 unspecified atom stereocenters. The Hall–Kier alpha value is -2.36. The van der Waals surface area contributed by atoms with Crippen molar-refractivity contribution in [1.29, 1.82) is 0 Å². The number of hydrogen-bond acceptors (Lipinski definition) is 3. The van der Waals surface area contributed by atoms with Gasteiger partial charge in [-0.3, -0.25) is 0 Å². The van der Waals surface area contributed by atoms with Crippen LogP contribution >= 0.6 is 0 Å². The van der Waals surface area contributed by atoms with Gasteiger partial charge in [0.25, 0.3) is 0 Å². The van der Waals surface area contributed by atoms with Crippen LogP contribution in [0.15, 0.2) is 42.6 Å². The minimum Gasteiger partial charge on any atom is -0.494 e. The first-order valence-corrected chi connectivity index (χ1v) is 5.05. The highest BCUT2D eigenvalue weighted by Gasteiger charge is 2.17. The molecule has 1 aromatic heterocycles. The summed E-state index contributed by atoms with van der Waals surface area (Å²) < 4.78 is 5.15. The van der Waals surface area contributed by atoms with Gasteiger partial charge in [-0.05, 0) is 11.6 Å². The Kier molecular flexibility index (Phi) is 3.05. The third-order valence-electron chi connectivity index (χ3n) is 2.40. The summed E-state index contributed by atoms with van der Waals surface area (Å²) in [6.07, 6.45) is 1.47. The van der Waals surface area contributed by atoms with Crippen LogP contribution < -0.4 is 4.74 Å². The van der Waals surface area contributed by atoms with Gasteiger partial charge in [0, 0.05) is 11.8 Å². The molecule has 0 aliphatic heterocycles. The number of hydrogen-bond donors (Lipinski definition) is 1. The van der Waals surface area contributed by atoms with Crippen LogP contribution in [0.2, 0.25) is 0 Å². The third kappa shape index (κ3) is 2.10. The average molecular weight is 229 g/mol. The van der Waals surface area contributed by atoms with Crippen molar-refractivity contribution >= 4 is 5.97 Å². The molecule has 0 radical (unpaired) electrons. The number of benzene rings is 1. The molecule has 0 atom stereocenters. The highest BCUT2D eigenvalue weighted by molar-refractivity contribution is 5.92. The van der Waals surface area contributed by atoms with Crippen molar-refractivity contribution in [2.24, 2.45) is 0 Å². The molecular weight excluding hydrogens is 218 g/mol. The smallest absolute Gasteiger partial charge is 0.358 e. The number of ether oxygens (including phenoxy) is 1. The Morgan fingerprint density at radius 3 is 2.53 bits per heavy atom. The monoisotopic (exact) mass is 229 g/mol. The molecule has 4 heteroatoms. The maximum Gasteiger partial charge on any atom is 0.358 e. The first-order valence-electron chi connectivity index (χ1n) is 5.05. The number of carbonyl (C=O) groups is 1. The van der Waals surface area contributed by atoms with Gasteiger partial charge in [0.2, 0.25) is 0 Å². The van der Waals surface area contributed by atoms with Crippen LogP contribution in [0.5, 0.6) is 5.75 Å². The predicted molar refractivity (Wildman–Crippen MR) is 63.2 cm³/mol. The fourth-order valence-electron chi connectivity index (χ4n) is 1.65. The summed E-state index contributed by atoms with van der Waals surface area (Å²) in [5.74, 6) is -0.814. The van der Waals surface area contributed by atoms with Crippen LogP contribution in [-0.4, -0.2) is 23.2 Å². The summed E-state index contributed by atoms with van der Waals surface area (Å²) in [7, 11) is 1.44. The molecule has 0 saturated heterocycles. The lowest BCUT2D eigenvalue weighted by Gasteiger charge is -2.10. The lowest BCUT2D eigenvalue weighted by atomic mass is 10.0. The summed E-state index contributed by atoms with van der Waals surface area (Å²) in [4.78, 5) is 14.8. The number of nitrogens with zero attached hydrogens (tertiary/aromatic N) is 1. The standard InChI is InChI=1S/C13H11NO3/c1-17-12-10(9-5-3-2-4-6-9)7-8-14-11(12)13(15)16/h2-8H,1H3,(H,15,16). The average Bonchev–Trinajstić information content (AvgIpc) is 2.38. The van der Waals surface area contributed by atoms with Gasteiger partial charge in [0.1, 0.15) is 0 Å². The number of carboxylic acids is 1. The Balaban J connectivity index is 2.63. The summed E-state index contributed by atoms with van der Waals surface area (Å²) in [5, 5.41) is 9.03. The molecule has 2 rings (SSSR count). The quantitative estimate of drug-likeness (QED) is 0.878. The van der Waals surface area contributed by atoms with Gasteiger partial charge >= 0.3 is 5.97 Å². The molecule has 2 aromatic rings. The molecule has 0 fully saturated rings. The number of rotatable bonds is 3. The highest BCUT2D eigenvalue weighted by Crippen LogP contribution is 2.31.